The van der Waals surface area contributed by atoms with Gasteiger partial charge in [0.25, 0.3) is 5.90 Å². The van der Waals surface area contributed by atoms with Crippen molar-refractivity contribution in [2.75, 3.05) is 33.0 Å². The van der Waals surface area contributed by atoms with Gasteiger partial charge in [0.15, 0.2) is 6.61 Å². The lowest BCUT2D eigenvalue weighted by Crippen LogP contribution is -2.33. The maximum atomic E-state index is 9.37. The van der Waals surface area contributed by atoms with Crippen LogP contribution in [0.5, 0.6) is 5.75 Å². The lowest BCUT2D eigenvalue weighted by molar-refractivity contribution is -0.103. The lowest BCUT2D eigenvalue weighted by atomic mass is 9.97. The number of oxime groups is 1. The van der Waals surface area contributed by atoms with Crippen molar-refractivity contribution in [3.63, 3.8) is 0 Å². The molecule has 1 unspecified atom stereocenters. The van der Waals surface area contributed by atoms with Gasteiger partial charge in [-0.1, -0.05) is 19.0 Å². The summed E-state index contributed by atoms with van der Waals surface area (Å²) in [7, 11) is 0. The quantitative estimate of drug-likeness (QED) is 0.287. The minimum Gasteiger partial charge on any atom is -0.485 e. The van der Waals surface area contributed by atoms with E-state index < -0.39 is 0 Å². The molecule has 1 aromatic heterocycles. The molecule has 0 radical (unpaired) electrons. The first-order valence-electron chi connectivity index (χ1n) is 10.7. The highest BCUT2D eigenvalue weighted by Gasteiger charge is 2.19. The first-order chi connectivity index (χ1) is 15.6. The van der Waals surface area contributed by atoms with Crippen molar-refractivity contribution in [1.29, 1.82) is 0 Å². The molecule has 1 fully saturated rings. The number of rotatable bonds is 7. The van der Waals surface area contributed by atoms with Gasteiger partial charge in [-0.3, -0.25) is 0 Å². The van der Waals surface area contributed by atoms with E-state index in [1.165, 1.54) is 0 Å². The van der Waals surface area contributed by atoms with E-state index in [4.69, 9.17) is 23.5 Å². The minimum atomic E-state index is -0.180. The Bertz CT molecular complexity index is 965. The first kappa shape index (κ1) is 22.1. The zero-order chi connectivity index (χ0) is 22.3. The van der Waals surface area contributed by atoms with E-state index in [1.807, 2.05) is 32.0 Å². The highest BCUT2D eigenvalue weighted by molar-refractivity contribution is 5.95. The number of nitrogens with one attached hydrogen (secondary N) is 1. The zero-order valence-corrected chi connectivity index (χ0v) is 18.2. The predicted octanol–water partition coefficient (Wildman–Crippen LogP) is 2.48. The number of benzene rings is 1. The van der Waals surface area contributed by atoms with Crippen LogP contribution in [0.1, 0.15) is 42.6 Å². The maximum Gasteiger partial charge on any atom is 0.252 e. The topological polar surface area (TPSA) is 120 Å². The summed E-state index contributed by atoms with van der Waals surface area (Å²) < 4.78 is 27.6. The number of aromatic nitrogens is 2. The van der Waals surface area contributed by atoms with Crippen molar-refractivity contribution in [3.8, 4) is 5.75 Å². The van der Waals surface area contributed by atoms with Crippen molar-refractivity contribution >= 4 is 11.6 Å². The largest absolute Gasteiger partial charge is 0.485 e. The average molecular weight is 444 g/mol. The van der Waals surface area contributed by atoms with Crippen molar-refractivity contribution in [2.24, 2.45) is 5.16 Å². The van der Waals surface area contributed by atoms with Crippen LogP contribution in [-0.2, 0) is 27.2 Å². The summed E-state index contributed by atoms with van der Waals surface area (Å²) in [6, 6.07) is 5.84. The Hall–Kier alpha value is -3.11. The molecule has 0 bridgehead atoms. The third-order valence-corrected chi connectivity index (χ3v) is 5.09. The Morgan fingerprint density at radius 1 is 1.38 bits per heavy atom. The van der Waals surface area contributed by atoms with Crippen LogP contribution in [-0.4, -0.2) is 60.3 Å². The maximum absolute atomic E-state index is 9.37. The molecule has 172 valence electrons. The van der Waals surface area contributed by atoms with Gasteiger partial charge in [-0.05, 0) is 35.3 Å². The predicted molar refractivity (Wildman–Crippen MR) is 115 cm³/mol. The second-order valence-corrected chi connectivity index (χ2v) is 7.86. The molecule has 1 aromatic carbocycles. The number of fused-ring (bicyclic) bond motifs is 1. The molecular formula is C22H28N4O6. The molecule has 2 aromatic rings. The van der Waals surface area contributed by atoms with Crippen LogP contribution < -0.4 is 10.1 Å². The first-order valence-corrected chi connectivity index (χ1v) is 10.7. The normalized spacial score (nSPS) is 20.2. The Labute approximate surface area is 186 Å². The van der Waals surface area contributed by atoms with E-state index in [0.717, 1.165) is 35.5 Å². The Kier molecular flexibility index (Phi) is 7.23. The lowest BCUT2D eigenvalue weighted by Gasteiger charge is -2.24. The third-order valence-electron chi connectivity index (χ3n) is 5.09. The minimum absolute atomic E-state index is 0.105. The second-order valence-electron chi connectivity index (χ2n) is 7.86. The van der Waals surface area contributed by atoms with Crippen LogP contribution in [0.15, 0.2) is 34.0 Å². The number of hydrogen-bond acceptors (Lipinski definition) is 10. The summed E-state index contributed by atoms with van der Waals surface area (Å²) in [5.41, 5.74) is 2.92. The molecule has 3 heterocycles. The van der Waals surface area contributed by atoms with Crippen LogP contribution in [0.2, 0.25) is 0 Å². The van der Waals surface area contributed by atoms with Gasteiger partial charge in [-0.25, -0.2) is 0 Å². The molecule has 10 heteroatoms. The monoisotopic (exact) mass is 444 g/mol. The van der Waals surface area contributed by atoms with Crippen molar-refractivity contribution < 1.29 is 28.7 Å². The molecule has 0 amide bonds. The fraction of sp³-hybridized carbons (Fsp3) is 0.500. The molecule has 1 atom stereocenters. The Morgan fingerprint density at radius 3 is 3.03 bits per heavy atom. The number of ether oxygens (including phenoxy) is 4. The average Bonchev–Trinajstić information content (AvgIpc) is 3.30. The fourth-order valence-corrected chi connectivity index (χ4v) is 3.43. The van der Waals surface area contributed by atoms with E-state index in [-0.39, 0.29) is 31.1 Å². The van der Waals surface area contributed by atoms with Gasteiger partial charge in [0.2, 0.25) is 11.7 Å². The van der Waals surface area contributed by atoms with Crippen LogP contribution in [0, 0.1) is 0 Å². The molecule has 1 saturated heterocycles. The molecule has 0 saturated carbocycles. The Morgan fingerprint density at radius 2 is 2.28 bits per heavy atom. The smallest absolute Gasteiger partial charge is 0.252 e. The standard InChI is InChI=1S/C22H28N4O6/c1-14(2)22-24-20(26-32-22)13-30-16-3-4-18-15(9-16)5-6-23-19(18)10-21(25-27)31-12-17-11-28-7-8-29-17/h3-4,9-10,14,17,23,27H,5-8,11-13H2,1-2H3/b19-10-,25-21+. The number of hydrogen-bond donors (Lipinski definition) is 2. The van der Waals surface area contributed by atoms with Crippen molar-refractivity contribution in [3.05, 3.63) is 47.1 Å². The van der Waals surface area contributed by atoms with Crippen LogP contribution in [0.3, 0.4) is 0 Å². The zero-order valence-electron chi connectivity index (χ0n) is 18.2. The van der Waals surface area contributed by atoms with Gasteiger partial charge >= 0.3 is 0 Å². The summed E-state index contributed by atoms with van der Waals surface area (Å²) in [6.45, 7) is 6.79. The van der Waals surface area contributed by atoms with Gasteiger partial charge in [0.05, 0.1) is 19.8 Å². The van der Waals surface area contributed by atoms with Crippen LogP contribution in [0.4, 0.5) is 0 Å². The molecule has 2 aliphatic rings. The molecule has 2 N–H and O–H groups in total. The van der Waals surface area contributed by atoms with E-state index in [2.05, 4.69) is 20.6 Å². The molecule has 10 nitrogen and oxygen atoms in total. The summed E-state index contributed by atoms with van der Waals surface area (Å²) in [6.07, 6.45) is 2.33. The highest BCUT2D eigenvalue weighted by Crippen LogP contribution is 2.27. The van der Waals surface area contributed by atoms with E-state index >= 15 is 0 Å². The summed E-state index contributed by atoms with van der Waals surface area (Å²) in [5, 5.41) is 19.9. The van der Waals surface area contributed by atoms with E-state index in [1.54, 1.807) is 6.08 Å². The summed E-state index contributed by atoms with van der Waals surface area (Å²) in [4.78, 5) is 4.33. The van der Waals surface area contributed by atoms with Gasteiger partial charge in [-0.15, -0.1) is 0 Å². The molecule has 32 heavy (non-hydrogen) atoms. The van der Waals surface area contributed by atoms with Gasteiger partial charge < -0.3 is 34.0 Å². The van der Waals surface area contributed by atoms with Crippen LogP contribution in [0.25, 0.3) is 5.70 Å². The third kappa shape index (κ3) is 5.57. The highest BCUT2D eigenvalue weighted by atomic mass is 16.6. The SMILES string of the molecule is CC(C)c1nc(COc2ccc3c(c2)CCN/C3=C\C(=N/O)OCC2COCCO2)no1. The van der Waals surface area contributed by atoms with Crippen molar-refractivity contribution in [1.82, 2.24) is 15.5 Å². The summed E-state index contributed by atoms with van der Waals surface area (Å²) >= 11 is 0. The van der Waals surface area contributed by atoms with E-state index in [0.29, 0.717) is 31.5 Å². The Balaban J connectivity index is 1.40. The van der Waals surface area contributed by atoms with Crippen LogP contribution >= 0.6 is 0 Å². The van der Waals surface area contributed by atoms with Gasteiger partial charge in [-0.2, -0.15) is 4.98 Å². The van der Waals surface area contributed by atoms with Gasteiger partial charge in [0, 0.05) is 29.8 Å². The summed E-state index contributed by atoms with van der Waals surface area (Å²) in [5.74, 6) is 2.12. The van der Waals surface area contributed by atoms with Crippen molar-refractivity contribution in [2.45, 2.75) is 38.9 Å². The van der Waals surface area contributed by atoms with Gasteiger partial charge in [0.1, 0.15) is 18.5 Å². The van der Waals surface area contributed by atoms with E-state index in [9.17, 15) is 5.21 Å². The number of nitrogens with zero attached hydrogens (tertiary/aromatic N) is 3. The molecular weight excluding hydrogens is 416 g/mol. The molecule has 4 rings (SSSR count). The fourth-order valence-electron chi connectivity index (χ4n) is 3.43. The molecule has 0 spiro atoms. The second kappa shape index (κ2) is 10.5. The molecule has 2 aliphatic heterocycles. The molecule has 0 aliphatic carbocycles.